The van der Waals surface area contributed by atoms with Crippen LogP contribution in [0.25, 0.3) is 0 Å². The van der Waals surface area contributed by atoms with Crippen LogP contribution in [0.1, 0.15) is 56.7 Å². The molecule has 0 bridgehead atoms. The topological polar surface area (TPSA) is 86.6 Å². The van der Waals surface area contributed by atoms with E-state index in [4.69, 9.17) is 23.7 Å². The van der Waals surface area contributed by atoms with Crippen molar-refractivity contribution in [1.29, 1.82) is 0 Å². The smallest absolute Gasteiger partial charge is 0.206 e. The van der Waals surface area contributed by atoms with Gasteiger partial charge in [-0.25, -0.2) is 0 Å². The van der Waals surface area contributed by atoms with Gasteiger partial charge in [0.15, 0.2) is 17.6 Å². The number of benzene rings is 2. The number of aliphatic hydroxyl groups is 2. The molecule has 4 atom stereocenters. The average molecular weight is 501 g/mol. The van der Waals surface area contributed by atoms with Crippen LogP contribution >= 0.6 is 0 Å². The predicted molar refractivity (Wildman–Crippen MR) is 136 cm³/mol. The molecule has 36 heavy (non-hydrogen) atoms. The van der Waals surface area contributed by atoms with Gasteiger partial charge in [-0.3, -0.25) is 0 Å². The molecule has 2 N–H and O–H groups in total. The van der Waals surface area contributed by atoms with Gasteiger partial charge < -0.3 is 33.9 Å². The van der Waals surface area contributed by atoms with Gasteiger partial charge in [-0.1, -0.05) is 50.2 Å². The predicted octanol–water partition coefficient (Wildman–Crippen LogP) is 4.15. The largest absolute Gasteiger partial charge is 0.485 e. The summed E-state index contributed by atoms with van der Waals surface area (Å²) in [5.74, 6) is 0.400. The molecule has 1 fully saturated rings. The summed E-state index contributed by atoms with van der Waals surface area (Å²) in [5.41, 5.74) is 1.93. The second kappa shape index (κ2) is 10.7. The molecule has 1 aliphatic heterocycles. The number of aliphatic hydroxyl groups excluding tert-OH is 2. The molecule has 0 radical (unpaired) electrons. The summed E-state index contributed by atoms with van der Waals surface area (Å²) in [6.45, 7) is 6.43. The summed E-state index contributed by atoms with van der Waals surface area (Å²) in [4.78, 5) is 0. The maximum absolute atomic E-state index is 10.1. The molecular formula is C29H40O7. The summed E-state index contributed by atoms with van der Waals surface area (Å²) in [6.07, 6.45) is 1.21. The van der Waals surface area contributed by atoms with E-state index >= 15 is 0 Å². The molecule has 4 rings (SSSR count). The first kappa shape index (κ1) is 26.9. The zero-order valence-corrected chi connectivity index (χ0v) is 22.1. The lowest BCUT2D eigenvalue weighted by molar-refractivity contribution is -0.308. The molecule has 7 nitrogen and oxygen atoms in total. The minimum absolute atomic E-state index is 0.0232. The van der Waals surface area contributed by atoms with E-state index < -0.39 is 29.0 Å². The molecule has 2 aromatic rings. The van der Waals surface area contributed by atoms with Crippen LogP contribution in [0.15, 0.2) is 42.5 Å². The van der Waals surface area contributed by atoms with Gasteiger partial charge in [0.2, 0.25) is 5.79 Å². The summed E-state index contributed by atoms with van der Waals surface area (Å²) < 4.78 is 31.8. The highest BCUT2D eigenvalue weighted by Gasteiger charge is 2.70. The van der Waals surface area contributed by atoms with Crippen LogP contribution in [-0.2, 0) is 32.7 Å². The fourth-order valence-corrected chi connectivity index (χ4v) is 6.25. The van der Waals surface area contributed by atoms with Crippen molar-refractivity contribution in [1.82, 2.24) is 0 Å². The third-order valence-corrected chi connectivity index (χ3v) is 8.30. The second-order valence-electron chi connectivity index (χ2n) is 9.98. The lowest BCUT2D eigenvalue weighted by Crippen LogP contribution is -2.70. The van der Waals surface area contributed by atoms with Gasteiger partial charge in [-0.2, -0.15) is 0 Å². The van der Waals surface area contributed by atoms with Gasteiger partial charge >= 0.3 is 0 Å². The zero-order chi connectivity index (χ0) is 26.0. The van der Waals surface area contributed by atoms with E-state index in [1.165, 1.54) is 0 Å². The molecule has 7 heteroatoms. The van der Waals surface area contributed by atoms with E-state index in [2.05, 4.69) is 26.8 Å². The summed E-state index contributed by atoms with van der Waals surface area (Å²) in [6, 6.07) is 14.1. The van der Waals surface area contributed by atoms with Crippen LogP contribution in [0.5, 0.6) is 11.5 Å². The number of hydrogen-bond acceptors (Lipinski definition) is 7. The van der Waals surface area contributed by atoms with Crippen molar-refractivity contribution in [2.24, 2.45) is 0 Å². The third kappa shape index (κ3) is 4.21. The first-order valence-corrected chi connectivity index (χ1v) is 12.9. The zero-order valence-electron chi connectivity index (χ0n) is 22.1. The lowest BCUT2D eigenvalue weighted by Gasteiger charge is -2.57. The SMILES string of the molecule is CCc1ccc(OCc2ccccc2)c2c1[C@@]1(CC)[C@@H](O2)C(OC)(OC)CC[C@]1(C)OCC(O)CO. The Labute approximate surface area is 214 Å². The van der Waals surface area contributed by atoms with Gasteiger partial charge in [-0.15, -0.1) is 0 Å². The molecule has 0 amide bonds. The summed E-state index contributed by atoms with van der Waals surface area (Å²) >= 11 is 0. The van der Waals surface area contributed by atoms with Crippen molar-refractivity contribution >= 4 is 0 Å². The minimum atomic E-state index is -0.977. The Morgan fingerprint density at radius 2 is 1.78 bits per heavy atom. The van der Waals surface area contributed by atoms with Crippen molar-refractivity contribution in [2.45, 2.75) is 82.1 Å². The van der Waals surface area contributed by atoms with Gasteiger partial charge in [-0.05, 0) is 43.4 Å². The molecule has 1 unspecified atom stereocenters. The fourth-order valence-electron chi connectivity index (χ4n) is 6.25. The number of fused-ring (bicyclic) bond motifs is 3. The van der Waals surface area contributed by atoms with Gasteiger partial charge in [0.1, 0.15) is 12.7 Å². The second-order valence-corrected chi connectivity index (χ2v) is 9.98. The van der Waals surface area contributed by atoms with Crippen LogP contribution in [0.4, 0.5) is 0 Å². The van der Waals surface area contributed by atoms with Crippen LogP contribution in [0, 0.1) is 0 Å². The molecule has 2 aliphatic rings. The molecule has 0 spiro atoms. The Morgan fingerprint density at radius 3 is 2.39 bits per heavy atom. The fraction of sp³-hybridized carbons (Fsp3) is 0.586. The van der Waals surface area contributed by atoms with Crippen molar-refractivity contribution in [3.63, 3.8) is 0 Å². The minimum Gasteiger partial charge on any atom is -0.485 e. The van der Waals surface area contributed by atoms with Crippen LogP contribution in [-0.4, -0.2) is 61.2 Å². The van der Waals surface area contributed by atoms with Gasteiger partial charge in [0.05, 0.1) is 24.2 Å². The first-order valence-electron chi connectivity index (χ1n) is 12.9. The van der Waals surface area contributed by atoms with Crippen molar-refractivity contribution in [3.8, 4) is 11.5 Å². The number of methoxy groups -OCH3 is 2. The number of aryl methyl sites for hydroxylation is 1. The highest BCUT2D eigenvalue weighted by atomic mass is 16.7. The lowest BCUT2D eigenvalue weighted by atomic mass is 9.55. The molecular weight excluding hydrogens is 460 g/mol. The molecule has 0 aromatic heterocycles. The molecule has 1 saturated carbocycles. The first-order chi connectivity index (χ1) is 17.3. The number of ether oxygens (including phenoxy) is 5. The molecule has 2 aromatic carbocycles. The van der Waals surface area contributed by atoms with Crippen molar-refractivity contribution in [3.05, 3.63) is 59.2 Å². The van der Waals surface area contributed by atoms with Gasteiger partial charge in [0, 0.05) is 26.2 Å². The maximum Gasteiger partial charge on any atom is 0.206 e. The Morgan fingerprint density at radius 1 is 1.06 bits per heavy atom. The number of rotatable bonds is 11. The maximum atomic E-state index is 10.1. The van der Waals surface area contributed by atoms with Crippen LogP contribution in [0.3, 0.4) is 0 Å². The third-order valence-electron chi connectivity index (χ3n) is 8.30. The van der Waals surface area contributed by atoms with Crippen molar-refractivity contribution in [2.75, 3.05) is 27.4 Å². The Bertz CT molecular complexity index is 1020. The van der Waals surface area contributed by atoms with E-state index in [1.807, 2.05) is 36.4 Å². The normalized spacial score (nSPS) is 27.1. The van der Waals surface area contributed by atoms with Gasteiger partial charge in [0.25, 0.3) is 0 Å². The van der Waals surface area contributed by atoms with E-state index in [1.54, 1.807) is 14.2 Å². The quantitative estimate of drug-likeness (QED) is 0.448. The van der Waals surface area contributed by atoms with E-state index in [0.29, 0.717) is 37.4 Å². The van der Waals surface area contributed by atoms with Crippen LogP contribution in [0.2, 0.25) is 0 Å². The Kier molecular flexibility index (Phi) is 7.98. The standard InChI is InChI=1S/C29H40O7/c1-6-21-13-14-23(34-18-20-11-9-8-10-12-20)25-24(21)28(7-2)26(36-25)29(32-4,33-5)16-15-27(28,3)35-19-22(31)17-30/h8-14,22,26,30-31H,6-7,15-19H2,1-5H3/t22?,26-,27+,28+/m1/s1. The summed E-state index contributed by atoms with van der Waals surface area (Å²) in [5, 5.41) is 19.6. The Balaban J connectivity index is 1.86. The summed E-state index contributed by atoms with van der Waals surface area (Å²) in [7, 11) is 3.31. The highest BCUT2D eigenvalue weighted by Crippen LogP contribution is 2.63. The molecule has 1 heterocycles. The Hall–Kier alpha value is -2.16. The van der Waals surface area contributed by atoms with E-state index in [-0.39, 0.29) is 13.2 Å². The molecule has 0 saturated heterocycles. The molecule has 1 aliphatic carbocycles. The highest BCUT2D eigenvalue weighted by molar-refractivity contribution is 5.60. The average Bonchev–Trinajstić information content (AvgIpc) is 3.30. The van der Waals surface area contributed by atoms with Crippen molar-refractivity contribution < 1.29 is 33.9 Å². The van der Waals surface area contributed by atoms with E-state index in [9.17, 15) is 10.2 Å². The number of hydrogen-bond donors (Lipinski definition) is 2. The monoisotopic (exact) mass is 500 g/mol. The van der Waals surface area contributed by atoms with E-state index in [0.717, 1.165) is 23.1 Å². The molecule has 198 valence electrons. The van der Waals surface area contributed by atoms with Crippen LogP contribution < -0.4 is 9.47 Å².